The van der Waals surface area contributed by atoms with Crippen molar-refractivity contribution >= 4 is 11.8 Å². The zero-order chi connectivity index (χ0) is 22.6. The topological polar surface area (TPSA) is 82.2 Å². The fourth-order valence-electron chi connectivity index (χ4n) is 4.95. The summed E-state index contributed by atoms with van der Waals surface area (Å²) >= 11 is 0. The van der Waals surface area contributed by atoms with Crippen LogP contribution in [0.4, 0.5) is 0 Å². The number of hydrogen-bond acceptors (Lipinski definition) is 4. The third kappa shape index (κ3) is 4.82. The zero-order valence-electron chi connectivity index (χ0n) is 18.6. The van der Waals surface area contributed by atoms with Crippen molar-refractivity contribution in [2.75, 3.05) is 13.1 Å². The first-order valence-corrected chi connectivity index (χ1v) is 11.8. The SMILES string of the molecule is O=C(c1cn[nH]c1)N1CCC([C@H](Cc2ccccc2)N(C(=O)c2ccccn2)C2CC2)CC1. The maximum atomic E-state index is 13.6. The molecule has 5 rings (SSSR count). The summed E-state index contributed by atoms with van der Waals surface area (Å²) in [6.45, 7) is 1.38. The Kier molecular flexibility index (Phi) is 6.19. The van der Waals surface area contributed by atoms with Gasteiger partial charge >= 0.3 is 0 Å². The van der Waals surface area contributed by atoms with Crippen LogP contribution in [0, 0.1) is 5.92 Å². The second-order valence-electron chi connectivity index (χ2n) is 9.03. The van der Waals surface area contributed by atoms with Gasteiger partial charge in [0.05, 0.1) is 11.8 Å². The number of H-pyrrole nitrogens is 1. The highest BCUT2D eigenvalue weighted by atomic mass is 16.2. The molecule has 0 radical (unpaired) electrons. The number of nitrogens with one attached hydrogen (secondary N) is 1. The van der Waals surface area contributed by atoms with E-state index >= 15 is 0 Å². The van der Waals surface area contributed by atoms with Gasteiger partial charge in [-0.3, -0.25) is 19.7 Å². The van der Waals surface area contributed by atoms with E-state index in [1.807, 2.05) is 29.2 Å². The molecule has 33 heavy (non-hydrogen) atoms. The van der Waals surface area contributed by atoms with Crippen molar-refractivity contribution < 1.29 is 9.59 Å². The van der Waals surface area contributed by atoms with Gasteiger partial charge in [0.2, 0.25) is 0 Å². The third-order valence-corrected chi connectivity index (χ3v) is 6.82. The molecule has 1 atom stereocenters. The van der Waals surface area contributed by atoms with Crippen LogP contribution in [-0.4, -0.2) is 62.0 Å². The largest absolute Gasteiger partial charge is 0.339 e. The van der Waals surface area contributed by atoms with Crippen LogP contribution in [-0.2, 0) is 6.42 Å². The molecule has 0 spiro atoms. The molecule has 7 nitrogen and oxygen atoms in total. The van der Waals surface area contributed by atoms with Gasteiger partial charge in [-0.15, -0.1) is 0 Å². The van der Waals surface area contributed by atoms with E-state index in [0.717, 1.165) is 32.1 Å². The summed E-state index contributed by atoms with van der Waals surface area (Å²) < 4.78 is 0. The lowest BCUT2D eigenvalue weighted by Gasteiger charge is -2.41. The summed E-state index contributed by atoms with van der Waals surface area (Å²) in [5.74, 6) is 0.369. The molecule has 1 aromatic carbocycles. The smallest absolute Gasteiger partial charge is 0.272 e. The first-order chi connectivity index (χ1) is 16.2. The Labute approximate surface area is 193 Å². The van der Waals surface area contributed by atoms with Crippen molar-refractivity contribution in [2.45, 2.75) is 44.2 Å². The van der Waals surface area contributed by atoms with E-state index in [1.54, 1.807) is 18.6 Å². The van der Waals surface area contributed by atoms with Crippen LogP contribution in [0.1, 0.15) is 52.1 Å². The van der Waals surface area contributed by atoms with Gasteiger partial charge in [-0.2, -0.15) is 5.10 Å². The fraction of sp³-hybridized carbons (Fsp3) is 0.385. The van der Waals surface area contributed by atoms with Crippen molar-refractivity contribution in [3.8, 4) is 0 Å². The number of pyridine rings is 1. The molecule has 2 fully saturated rings. The van der Waals surface area contributed by atoms with Gasteiger partial charge in [-0.25, -0.2) is 0 Å². The van der Waals surface area contributed by atoms with Gasteiger partial charge in [0.1, 0.15) is 5.69 Å². The number of amides is 2. The number of benzene rings is 1. The molecule has 0 unspecified atom stereocenters. The third-order valence-electron chi connectivity index (χ3n) is 6.82. The average Bonchev–Trinajstić information content (AvgIpc) is 3.55. The number of nitrogens with zero attached hydrogens (tertiary/aromatic N) is 4. The first kappa shape index (κ1) is 21.4. The minimum Gasteiger partial charge on any atom is -0.339 e. The lowest BCUT2D eigenvalue weighted by Crippen LogP contribution is -2.51. The van der Waals surface area contributed by atoms with Gasteiger partial charge in [0, 0.05) is 37.6 Å². The van der Waals surface area contributed by atoms with Crippen LogP contribution < -0.4 is 0 Å². The van der Waals surface area contributed by atoms with Crippen LogP contribution >= 0.6 is 0 Å². The minimum absolute atomic E-state index is 0.0189. The van der Waals surface area contributed by atoms with E-state index in [4.69, 9.17) is 0 Å². The van der Waals surface area contributed by atoms with Crippen LogP contribution in [0.15, 0.2) is 67.1 Å². The highest BCUT2D eigenvalue weighted by Crippen LogP contribution is 2.36. The molecule has 1 saturated heterocycles. The van der Waals surface area contributed by atoms with Crippen LogP contribution in [0.3, 0.4) is 0 Å². The number of likely N-dealkylation sites (tertiary alicyclic amines) is 1. The Balaban J connectivity index is 1.37. The molecule has 2 aromatic heterocycles. The van der Waals surface area contributed by atoms with E-state index in [9.17, 15) is 9.59 Å². The normalized spacial score (nSPS) is 17.5. The maximum absolute atomic E-state index is 13.6. The van der Waals surface area contributed by atoms with Gasteiger partial charge in [0.15, 0.2) is 0 Å². The molecular formula is C26H29N5O2. The molecule has 3 aromatic rings. The highest BCUT2D eigenvalue weighted by molar-refractivity contribution is 5.94. The molecule has 2 amide bonds. The predicted molar refractivity (Wildman–Crippen MR) is 125 cm³/mol. The Hall–Kier alpha value is -3.48. The Bertz CT molecular complexity index is 1060. The summed E-state index contributed by atoms with van der Waals surface area (Å²) in [5, 5.41) is 6.62. The second kappa shape index (κ2) is 9.57. The van der Waals surface area contributed by atoms with Crippen LogP contribution in [0.25, 0.3) is 0 Å². The second-order valence-corrected chi connectivity index (χ2v) is 9.03. The minimum atomic E-state index is 0.0189. The molecule has 1 aliphatic carbocycles. The summed E-state index contributed by atoms with van der Waals surface area (Å²) in [4.78, 5) is 34.8. The number of carbonyl (C=O) groups excluding carboxylic acids is 2. The molecule has 170 valence electrons. The van der Waals surface area contributed by atoms with E-state index in [1.165, 1.54) is 5.56 Å². The van der Waals surface area contributed by atoms with Crippen molar-refractivity contribution in [2.24, 2.45) is 5.92 Å². The first-order valence-electron chi connectivity index (χ1n) is 11.8. The van der Waals surface area contributed by atoms with Crippen LogP contribution in [0.5, 0.6) is 0 Å². The molecule has 2 aliphatic rings. The number of aromatic amines is 1. The molecule has 7 heteroatoms. The monoisotopic (exact) mass is 443 g/mol. The van der Waals surface area contributed by atoms with Crippen LogP contribution in [0.2, 0.25) is 0 Å². The summed E-state index contributed by atoms with van der Waals surface area (Å²) in [6.07, 6.45) is 9.56. The lowest BCUT2D eigenvalue weighted by molar-refractivity contribution is 0.0442. The molecule has 3 heterocycles. The van der Waals surface area contributed by atoms with Gasteiger partial charge in [-0.05, 0) is 55.7 Å². The van der Waals surface area contributed by atoms with Gasteiger partial charge in [-0.1, -0.05) is 36.4 Å². The fourth-order valence-corrected chi connectivity index (χ4v) is 4.95. The van der Waals surface area contributed by atoms with E-state index in [-0.39, 0.29) is 23.9 Å². The van der Waals surface area contributed by atoms with Crippen molar-refractivity contribution in [1.29, 1.82) is 0 Å². The molecule has 0 bridgehead atoms. The Morgan fingerprint density at radius 1 is 1.03 bits per heavy atom. The molecular weight excluding hydrogens is 414 g/mol. The summed E-state index contributed by atoms with van der Waals surface area (Å²) in [7, 11) is 0. The number of piperidine rings is 1. The Morgan fingerprint density at radius 2 is 1.79 bits per heavy atom. The summed E-state index contributed by atoms with van der Waals surface area (Å²) in [6, 6.07) is 16.3. The standard InChI is InChI=1S/C26H29N5O2/c32-25(21-17-28-29-18-21)30-14-11-20(12-15-30)24(16-19-6-2-1-3-7-19)31(22-9-10-22)26(33)23-8-4-5-13-27-23/h1-8,13,17-18,20,22,24H,9-12,14-16H2,(H,28,29)/t24-/m0/s1. The van der Waals surface area contributed by atoms with Gasteiger partial charge in [0.25, 0.3) is 11.8 Å². The van der Waals surface area contributed by atoms with E-state index in [2.05, 4.69) is 44.3 Å². The molecule has 1 N–H and O–H groups in total. The number of carbonyl (C=O) groups is 2. The zero-order valence-corrected chi connectivity index (χ0v) is 18.6. The van der Waals surface area contributed by atoms with Gasteiger partial charge < -0.3 is 9.80 Å². The molecule has 1 aliphatic heterocycles. The maximum Gasteiger partial charge on any atom is 0.272 e. The average molecular weight is 444 g/mol. The van der Waals surface area contributed by atoms with Crippen molar-refractivity contribution in [3.63, 3.8) is 0 Å². The highest BCUT2D eigenvalue weighted by Gasteiger charge is 2.42. The quantitative estimate of drug-likeness (QED) is 0.605. The van der Waals surface area contributed by atoms with Crippen molar-refractivity contribution in [1.82, 2.24) is 25.0 Å². The lowest BCUT2D eigenvalue weighted by atomic mass is 9.84. The number of rotatable bonds is 7. The van der Waals surface area contributed by atoms with E-state index < -0.39 is 0 Å². The molecule has 1 saturated carbocycles. The van der Waals surface area contributed by atoms with E-state index in [0.29, 0.717) is 30.3 Å². The number of hydrogen-bond donors (Lipinski definition) is 1. The number of aromatic nitrogens is 3. The Morgan fingerprint density at radius 3 is 2.42 bits per heavy atom. The van der Waals surface area contributed by atoms with Crippen molar-refractivity contribution in [3.05, 3.63) is 83.9 Å². The summed E-state index contributed by atoms with van der Waals surface area (Å²) in [5.41, 5.74) is 2.34. The predicted octanol–water partition coefficient (Wildman–Crippen LogP) is 3.57.